The Hall–Kier alpha value is -3.60. The lowest BCUT2D eigenvalue weighted by Gasteiger charge is -2.35. The number of pyridine rings is 1. The van der Waals surface area contributed by atoms with Gasteiger partial charge < -0.3 is 9.88 Å². The molecule has 1 atom stereocenters. The number of hydrogen-bond acceptors (Lipinski definition) is 6. The number of fused-ring (bicyclic) bond motifs is 1. The molecule has 200 valence electrons. The molecule has 1 fully saturated rings. The Balaban J connectivity index is 1.37. The third-order valence-electron chi connectivity index (χ3n) is 7.04. The third-order valence-corrected chi connectivity index (χ3v) is 7.04. The first-order chi connectivity index (χ1) is 18.0. The summed E-state index contributed by atoms with van der Waals surface area (Å²) in [4.78, 5) is 19.0. The molecular weight excluding hydrogens is 498 g/mol. The topological polar surface area (TPSA) is 71.8 Å². The SMILES string of the molecule is Cc1nc2c(F)cc(-c3nc(Nc4ccc(C(C)N5CCC(F)(F)CC5)cn4)ncc3F)cc2n1C(C)C. The molecule has 0 spiro atoms. The van der Waals surface area contributed by atoms with E-state index in [0.717, 1.165) is 11.8 Å². The summed E-state index contributed by atoms with van der Waals surface area (Å²) >= 11 is 0. The van der Waals surface area contributed by atoms with Gasteiger partial charge in [-0.25, -0.2) is 37.5 Å². The van der Waals surface area contributed by atoms with E-state index in [-0.39, 0.29) is 47.6 Å². The summed E-state index contributed by atoms with van der Waals surface area (Å²) in [7, 11) is 0. The van der Waals surface area contributed by atoms with Crippen molar-refractivity contribution in [3.05, 3.63) is 59.7 Å². The van der Waals surface area contributed by atoms with Crippen molar-refractivity contribution in [2.24, 2.45) is 0 Å². The Bertz CT molecular complexity index is 1460. The minimum atomic E-state index is -2.59. The fourth-order valence-corrected chi connectivity index (χ4v) is 4.98. The van der Waals surface area contributed by atoms with Gasteiger partial charge in [-0.2, -0.15) is 0 Å². The normalized spacial score (nSPS) is 16.8. The van der Waals surface area contributed by atoms with Crippen molar-refractivity contribution < 1.29 is 17.6 Å². The van der Waals surface area contributed by atoms with Crippen LogP contribution in [0.2, 0.25) is 0 Å². The average molecular weight is 528 g/mol. The number of benzene rings is 1. The zero-order valence-electron chi connectivity index (χ0n) is 21.6. The van der Waals surface area contributed by atoms with Crippen LogP contribution in [0, 0.1) is 18.6 Å². The van der Waals surface area contributed by atoms with Crippen molar-refractivity contribution in [3.8, 4) is 11.3 Å². The zero-order valence-corrected chi connectivity index (χ0v) is 21.6. The molecule has 1 aliphatic heterocycles. The molecule has 1 unspecified atom stereocenters. The quantitative estimate of drug-likeness (QED) is 0.285. The minimum Gasteiger partial charge on any atom is -0.326 e. The Kier molecular flexibility index (Phi) is 6.81. The molecule has 0 amide bonds. The van der Waals surface area contributed by atoms with Crippen LogP contribution >= 0.6 is 0 Å². The lowest BCUT2D eigenvalue weighted by Crippen LogP contribution is -2.40. The summed E-state index contributed by atoms with van der Waals surface area (Å²) in [6.07, 6.45) is 2.40. The highest BCUT2D eigenvalue weighted by atomic mass is 19.3. The molecule has 0 aliphatic carbocycles. The molecule has 1 aliphatic rings. The molecule has 3 aromatic heterocycles. The number of halogens is 4. The first-order valence-electron chi connectivity index (χ1n) is 12.6. The maximum absolute atomic E-state index is 14.9. The number of nitrogens with zero attached hydrogens (tertiary/aromatic N) is 6. The standard InChI is InChI=1S/C27H29F4N7/c1-15(2)38-17(4)34-25-20(28)11-19(12-22(25)38)24-21(29)14-33-26(36-24)35-23-6-5-18(13-32-23)16(3)37-9-7-27(30,31)8-10-37/h5-6,11-16H,7-10H2,1-4H3,(H,32,33,35,36). The summed E-state index contributed by atoms with van der Waals surface area (Å²) in [5.41, 5.74) is 1.89. The number of aryl methyl sites for hydroxylation is 1. The van der Waals surface area contributed by atoms with E-state index >= 15 is 0 Å². The second-order valence-electron chi connectivity index (χ2n) is 10.0. The van der Waals surface area contributed by atoms with Crippen molar-refractivity contribution in [1.29, 1.82) is 0 Å². The lowest BCUT2D eigenvalue weighted by atomic mass is 10.0. The van der Waals surface area contributed by atoms with Crippen molar-refractivity contribution in [3.63, 3.8) is 0 Å². The lowest BCUT2D eigenvalue weighted by molar-refractivity contribution is -0.0620. The van der Waals surface area contributed by atoms with Crippen LogP contribution in [0.25, 0.3) is 22.3 Å². The molecule has 4 heterocycles. The first kappa shape index (κ1) is 26.0. The molecule has 11 heteroatoms. The van der Waals surface area contributed by atoms with Crippen molar-refractivity contribution in [2.45, 2.75) is 58.5 Å². The third kappa shape index (κ3) is 5.07. The van der Waals surface area contributed by atoms with E-state index < -0.39 is 17.6 Å². The number of imidazole rings is 1. The van der Waals surface area contributed by atoms with Crippen LogP contribution in [0.1, 0.15) is 57.1 Å². The van der Waals surface area contributed by atoms with Gasteiger partial charge in [0.15, 0.2) is 11.6 Å². The molecule has 4 aromatic rings. The summed E-state index contributed by atoms with van der Waals surface area (Å²) in [6.45, 7) is 8.35. The predicted octanol–water partition coefficient (Wildman–Crippen LogP) is 6.59. The number of anilines is 2. The number of nitrogens with one attached hydrogen (secondary N) is 1. The van der Waals surface area contributed by atoms with Crippen LogP contribution in [0.15, 0.2) is 36.7 Å². The molecule has 1 saturated heterocycles. The van der Waals surface area contributed by atoms with E-state index in [1.165, 1.54) is 6.07 Å². The number of likely N-dealkylation sites (tertiary alicyclic amines) is 1. The van der Waals surface area contributed by atoms with Gasteiger partial charge in [0, 0.05) is 49.8 Å². The van der Waals surface area contributed by atoms with E-state index in [4.69, 9.17) is 0 Å². The van der Waals surface area contributed by atoms with Gasteiger partial charge in [-0.15, -0.1) is 0 Å². The molecule has 1 N–H and O–H groups in total. The van der Waals surface area contributed by atoms with Gasteiger partial charge in [0.25, 0.3) is 5.92 Å². The van der Waals surface area contributed by atoms with E-state index in [1.807, 2.05) is 36.3 Å². The molecule has 1 aromatic carbocycles. The van der Waals surface area contributed by atoms with Crippen LogP contribution in [-0.4, -0.2) is 48.4 Å². The van der Waals surface area contributed by atoms with Crippen molar-refractivity contribution >= 4 is 22.8 Å². The van der Waals surface area contributed by atoms with Crippen LogP contribution in [-0.2, 0) is 0 Å². The monoisotopic (exact) mass is 527 g/mol. The van der Waals surface area contributed by atoms with Gasteiger partial charge in [0.05, 0.1) is 11.7 Å². The van der Waals surface area contributed by atoms with Crippen LogP contribution in [0.4, 0.5) is 29.3 Å². The van der Waals surface area contributed by atoms with Gasteiger partial charge in [-0.3, -0.25) is 4.90 Å². The van der Waals surface area contributed by atoms with Gasteiger partial charge in [-0.05, 0) is 51.5 Å². The number of rotatable bonds is 6. The fourth-order valence-electron chi connectivity index (χ4n) is 4.98. The number of alkyl halides is 2. The summed E-state index contributed by atoms with van der Waals surface area (Å²) < 4.78 is 58.6. The molecule has 38 heavy (non-hydrogen) atoms. The number of aromatic nitrogens is 5. The van der Waals surface area contributed by atoms with Crippen LogP contribution in [0.3, 0.4) is 0 Å². The first-order valence-corrected chi connectivity index (χ1v) is 12.6. The van der Waals surface area contributed by atoms with Crippen LogP contribution in [0.5, 0.6) is 0 Å². The van der Waals surface area contributed by atoms with Gasteiger partial charge in [0.2, 0.25) is 5.95 Å². The largest absolute Gasteiger partial charge is 0.326 e. The maximum Gasteiger partial charge on any atom is 0.250 e. The van der Waals surface area contributed by atoms with Gasteiger partial charge >= 0.3 is 0 Å². The second-order valence-corrected chi connectivity index (χ2v) is 10.0. The highest BCUT2D eigenvalue weighted by molar-refractivity contribution is 5.83. The summed E-state index contributed by atoms with van der Waals surface area (Å²) in [5, 5.41) is 2.96. The average Bonchev–Trinajstić information content (AvgIpc) is 3.22. The predicted molar refractivity (Wildman–Crippen MR) is 137 cm³/mol. The Morgan fingerprint density at radius 2 is 1.68 bits per heavy atom. The molecule has 5 rings (SSSR count). The number of piperidine rings is 1. The number of hydrogen-bond donors (Lipinski definition) is 1. The minimum absolute atomic E-state index is 0.0368. The van der Waals surface area contributed by atoms with E-state index in [1.54, 1.807) is 25.3 Å². The van der Waals surface area contributed by atoms with E-state index in [0.29, 0.717) is 30.2 Å². The molecule has 7 nitrogen and oxygen atoms in total. The zero-order chi connectivity index (χ0) is 27.2. The maximum atomic E-state index is 14.9. The highest BCUT2D eigenvalue weighted by Gasteiger charge is 2.35. The Morgan fingerprint density at radius 3 is 2.34 bits per heavy atom. The highest BCUT2D eigenvalue weighted by Crippen LogP contribution is 2.33. The molecule has 0 radical (unpaired) electrons. The smallest absolute Gasteiger partial charge is 0.250 e. The Morgan fingerprint density at radius 1 is 0.947 bits per heavy atom. The van der Waals surface area contributed by atoms with Gasteiger partial charge in [0.1, 0.15) is 22.9 Å². The molecule has 0 bridgehead atoms. The van der Waals surface area contributed by atoms with Crippen LogP contribution < -0.4 is 5.32 Å². The van der Waals surface area contributed by atoms with E-state index in [2.05, 4.69) is 25.3 Å². The van der Waals surface area contributed by atoms with Gasteiger partial charge in [-0.1, -0.05) is 6.07 Å². The summed E-state index contributed by atoms with van der Waals surface area (Å²) in [6, 6.07) is 6.46. The van der Waals surface area contributed by atoms with Crippen molar-refractivity contribution in [2.75, 3.05) is 18.4 Å². The Labute approximate surface area is 218 Å². The summed E-state index contributed by atoms with van der Waals surface area (Å²) in [5.74, 6) is -2.65. The second kappa shape index (κ2) is 9.94. The van der Waals surface area contributed by atoms with E-state index in [9.17, 15) is 17.6 Å². The van der Waals surface area contributed by atoms with Crippen molar-refractivity contribution in [1.82, 2.24) is 29.4 Å². The fraction of sp³-hybridized carbons (Fsp3) is 0.407. The molecular formula is C27H29F4N7. The molecule has 0 saturated carbocycles.